The van der Waals surface area contributed by atoms with Crippen LogP contribution in [0.2, 0.25) is 0 Å². The van der Waals surface area contributed by atoms with E-state index in [4.69, 9.17) is 9.47 Å². The second-order valence-electron chi connectivity index (χ2n) is 6.81. The van der Waals surface area contributed by atoms with E-state index in [9.17, 15) is 9.59 Å². The second kappa shape index (κ2) is 6.95. The van der Waals surface area contributed by atoms with E-state index in [-0.39, 0.29) is 24.2 Å². The number of para-hydroxylation sites is 1. The fourth-order valence-electron chi connectivity index (χ4n) is 3.90. The molecule has 140 valence electrons. The molecule has 2 aromatic rings. The Kier molecular flexibility index (Phi) is 4.48. The Morgan fingerprint density at radius 3 is 2.67 bits per heavy atom. The first-order valence-electron chi connectivity index (χ1n) is 9.04. The average molecular weight is 366 g/mol. The van der Waals surface area contributed by atoms with Gasteiger partial charge in [0.2, 0.25) is 11.8 Å². The van der Waals surface area contributed by atoms with Crippen LogP contribution in [-0.2, 0) is 16.0 Å². The molecule has 6 heteroatoms. The third-order valence-electron chi connectivity index (χ3n) is 5.31. The van der Waals surface area contributed by atoms with Crippen molar-refractivity contribution in [3.05, 3.63) is 48.0 Å². The van der Waals surface area contributed by atoms with Gasteiger partial charge in [0.05, 0.1) is 25.8 Å². The first-order chi connectivity index (χ1) is 13.1. The van der Waals surface area contributed by atoms with E-state index >= 15 is 0 Å². The zero-order valence-corrected chi connectivity index (χ0v) is 15.5. The number of amides is 2. The van der Waals surface area contributed by atoms with Gasteiger partial charge in [0.15, 0.2) is 0 Å². The summed E-state index contributed by atoms with van der Waals surface area (Å²) in [7, 11) is 3.14. The summed E-state index contributed by atoms with van der Waals surface area (Å²) in [5.74, 6) is 0.814. The molecule has 0 aromatic heterocycles. The zero-order valence-electron chi connectivity index (χ0n) is 15.5. The van der Waals surface area contributed by atoms with Gasteiger partial charge in [-0.2, -0.15) is 0 Å². The van der Waals surface area contributed by atoms with Crippen LogP contribution in [-0.4, -0.2) is 39.1 Å². The molecule has 6 nitrogen and oxygen atoms in total. The highest BCUT2D eigenvalue weighted by Crippen LogP contribution is 2.37. The molecule has 2 heterocycles. The molecule has 0 aliphatic carbocycles. The van der Waals surface area contributed by atoms with Gasteiger partial charge in [0, 0.05) is 31.3 Å². The van der Waals surface area contributed by atoms with Gasteiger partial charge in [-0.05, 0) is 30.2 Å². The molecule has 2 aromatic carbocycles. The zero-order chi connectivity index (χ0) is 19.0. The van der Waals surface area contributed by atoms with Crippen molar-refractivity contribution < 1.29 is 19.1 Å². The van der Waals surface area contributed by atoms with Gasteiger partial charge in [0.1, 0.15) is 11.5 Å². The van der Waals surface area contributed by atoms with Crippen molar-refractivity contribution in [1.29, 1.82) is 0 Å². The summed E-state index contributed by atoms with van der Waals surface area (Å²) in [6.07, 6.45) is 1.07. The lowest BCUT2D eigenvalue weighted by Gasteiger charge is -2.22. The molecule has 1 saturated heterocycles. The Labute approximate surface area is 158 Å². The van der Waals surface area contributed by atoms with Crippen molar-refractivity contribution in [2.45, 2.75) is 12.8 Å². The molecule has 0 spiro atoms. The van der Waals surface area contributed by atoms with Crippen LogP contribution < -0.4 is 19.3 Å². The normalized spacial score (nSPS) is 18.6. The Morgan fingerprint density at radius 1 is 1.07 bits per heavy atom. The van der Waals surface area contributed by atoms with E-state index in [2.05, 4.69) is 6.07 Å². The smallest absolute Gasteiger partial charge is 0.232 e. The van der Waals surface area contributed by atoms with Gasteiger partial charge >= 0.3 is 0 Å². The molecule has 27 heavy (non-hydrogen) atoms. The minimum Gasteiger partial charge on any atom is -0.497 e. The van der Waals surface area contributed by atoms with E-state index in [0.29, 0.717) is 30.3 Å². The summed E-state index contributed by atoms with van der Waals surface area (Å²) < 4.78 is 10.6. The highest BCUT2D eigenvalue weighted by atomic mass is 16.5. The van der Waals surface area contributed by atoms with E-state index in [0.717, 1.165) is 12.1 Å². The monoisotopic (exact) mass is 366 g/mol. The van der Waals surface area contributed by atoms with Crippen molar-refractivity contribution in [3.63, 3.8) is 0 Å². The van der Waals surface area contributed by atoms with E-state index in [1.165, 1.54) is 5.56 Å². The summed E-state index contributed by atoms with van der Waals surface area (Å²) in [6, 6.07) is 13.3. The third kappa shape index (κ3) is 3.01. The van der Waals surface area contributed by atoms with Crippen LogP contribution in [0.5, 0.6) is 11.5 Å². The minimum atomic E-state index is -0.351. The molecule has 1 atom stereocenters. The molecule has 0 unspecified atom stereocenters. The number of anilines is 2. The lowest BCUT2D eigenvalue weighted by Crippen LogP contribution is -2.36. The summed E-state index contributed by atoms with van der Waals surface area (Å²) >= 11 is 0. The number of methoxy groups -OCH3 is 2. The lowest BCUT2D eigenvalue weighted by molar-refractivity contribution is -0.124. The van der Waals surface area contributed by atoms with Crippen LogP contribution in [0.15, 0.2) is 42.5 Å². The van der Waals surface area contributed by atoms with E-state index < -0.39 is 0 Å². The maximum Gasteiger partial charge on any atom is 0.232 e. The molecule has 0 saturated carbocycles. The molecule has 0 N–H and O–H groups in total. The van der Waals surface area contributed by atoms with E-state index in [1.807, 2.05) is 23.1 Å². The summed E-state index contributed by atoms with van der Waals surface area (Å²) in [6.45, 7) is 1.04. The Balaban J connectivity index is 1.56. The summed E-state index contributed by atoms with van der Waals surface area (Å²) in [4.78, 5) is 29.2. The first kappa shape index (κ1) is 17.4. The number of carbonyl (C=O) groups excluding carboxylic acids is 2. The van der Waals surface area contributed by atoms with Gasteiger partial charge in [0.25, 0.3) is 0 Å². The Bertz CT molecular complexity index is 896. The molecule has 1 fully saturated rings. The molecular formula is C21H22N2O4. The molecule has 4 rings (SSSR count). The number of fused-ring (bicyclic) bond motifs is 1. The standard InChI is InChI=1S/C21H22N2O4/c1-26-16-7-8-18(19(12-16)27-2)23-13-15(11-20(23)24)21(25)22-10-9-14-5-3-4-6-17(14)22/h3-8,12,15H,9-11,13H2,1-2H3/t15-/m1/s1. The lowest BCUT2D eigenvalue weighted by atomic mass is 10.1. The quantitative estimate of drug-likeness (QED) is 0.835. The van der Waals surface area contributed by atoms with Gasteiger partial charge in [-0.15, -0.1) is 0 Å². The first-order valence-corrected chi connectivity index (χ1v) is 9.04. The van der Waals surface area contributed by atoms with Crippen molar-refractivity contribution in [3.8, 4) is 11.5 Å². The second-order valence-corrected chi connectivity index (χ2v) is 6.81. The minimum absolute atomic E-state index is 0.0169. The number of carbonyl (C=O) groups is 2. The van der Waals surface area contributed by atoms with Crippen molar-refractivity contribution in [2.75, 3.05) is 37.1 Å². The van der Waals surface area contributed by atoms with Crippen molar-refractivity contribution in [1.82, 2.24) is 0 Å². The topological polar surface area (TPSA) is 59.1 Å². The maximum absolute atomic E-state index is 13.1. The average Bonchev–Trinajstić information content (AvgIpc) is 3.30. The fourth-order valence-corrected chi connectivity index (χ4v) is 3.90. The van der Waals surface area contributed by atoms with Crippen LogP contribution in [0, 0.1) is 5.92 Å². The number of benzene rings is 2. The molecular weight excluding hydrogens is 344 g/mol. The number of hydrogen-bond donors (Lipinski definition) is 0. The van der Waals surface area contributed by atoms with E-state index in [1.54, 1.807) is 37.3 Å². The van der Waals surface area contributed by atoms with Crippen molar-refractivity contribution >= 4 is 23.2 Å². The molecule has 2 aliphatic rings. The number of nitrogens with zero attached hydrogens (tertiary/aromatic N) is 2. The molecule has 2 amide bonds. The van der Waals surface area contributed by atoms with Crippen LogP contribution in [0.4, 0.5) is 11.4 Å². The Hall–Kier alpha value is -3.02. The highest BCUT2D eigenvalue weighted by Gasteiger charge is 2.39. The summed E-state index contributed by atoms with van der Waals surface area (Å²) in [5.41, 5.74) is 2.82. The molecule has 2 aliphatic heterocycles. The van der Waals surface area contributed by atoms with Crippen LogP contribution in [0.1, 0.15) is 12.0 Å². The van der Waals surface area contributed by atoms with Gasteiger partial charge in [-0.1, -0.05) is 18.2 Å². The fraction of sp³-hybridized carbons (Fsp3) is 0.333. The number of ether oxygens (including phenoxy) is 2. The Morgan fingerprint density at radius 2 is 1.89 bits per heavy atom. The van der Waals surface area contributed by atoms with Gasteiger partial charge < -0.3 is 19.3 Å². The van der Waals surface area contributed by atoms with Gasteiger partial charge in [-0.3, -0.25) is 9.59 Å². The predicted molar refractivity (Wildman–Crippen MR) is 103 cm³/mol. The summed E-state index contributed by atoms with van der Waals surface area (Å²) in [5, 5.41) is 0. The molecule has 0 radical (unpaired) electrons. The molecule has 0 bridgehead atoms. The number of rotatable bonds is 4. The third-order valence-corrected chi connectivity index (χ3v) is 5.31. The van der Waals surface area contributed by atoms with Crippen LogP contribution in [0.3, 0.4) is 0 Å². The van der Waals surface area contributed by atoms with Crippen LogP contribution in [0.25, 0.3) is 0 Å². The SMILES string of the molecule is COc1ccc(N2C[C@H](C(=O)N3CCc4ccccc43)CC2=O)c(OC)c1. The maximum atomic E-state index is 13.1. The van der Waals surface area contributed by atoms with Crippen LogP contribution >= 0.6 is 0 Å². The predicted octanol–water partition coefficient (Wildman–Crippen LogP) is 2.65. The highest BCUT2D eigenvalue weighted by molar-refractivity contribution is 6.05. The largest absolute Gasteiger partial charge is 0.497 e. The van der Waals surface area contributed by atoms with Crippen molar-refractivity contribution in [2.24, 2.45) is 5.92 Å². The van der Waals surface area contributed by atoms with Gasteiger partial charge in [-0.25, -0.2) is 0 Å². The number of hydrogen-bond acceptors (Lipinski definition) is 4.